The molecule has 0 saturated carbocycles. The molecule has 0 N–H and O–H groups in total. The number of hydrogen-bond donors (Lipinski definition) is 0. The Morgan fingerprint density at radius 2 is 1.26 bits per heavy atom. The Balaban J connectivity index is 1.73. The normalized spacial score (nSPS) is 12.8. The molecule has 4 nitrogen and oxygen atoms in total. The second kappa shape index (κ2) is 17.2. The molecule has 2 atom stereocenters. The highest BCUT2D eigenvalue weighted by molar-refractivity contribution is 5.75. The van der Waals surface area contributed by atoms with Crippen molar-refractivity contribution < 1.29 is 19.0 Å². The van der Waals surface area contributed by atoms with Crippen LogP contribution in [-0.4, -0.2) is 25.3 Å². The second-order valence-electron chi connectivity index (χ2n) is 9.60. The van der Waals surface area contributed by atoms with Gasteiger partial charge in [-0.3, -0.25) is 4.79 Å². The number of carbonyl (C=O) groups excluding carboxylic acids is 1. The molecule has 4 heteroatoms. The molecule has 2 aromatic carbocycles. The number of hydrogen-bond acceptors (Lipinski definition) is 4. The van der Waals surface area contributed by atoms with Crippen LogP contribution < -0.4 is 9.47 Å². The van der Waals surface area contributed by atoms with Gasteiger partial charge in [0.15, 0.2) is 0 Å². The van der Waals surface area contributed by atoms with E-state index < -0.39 is 0 Å². The van der Waals surface area contributed by atoms with Gasteiger partial charge in [0, 0.05) is 6.61 Å². The van der Waals surface area contributed by atoms with Crippen LogP contribution in [0, 0.1) is 5.92 Å². The first kappa shape index (κ1) is 28.9. The summed E-state index contributed by atoms with van der Waals surface area (Å²) < 4.78 is 17.3. The van der Waals surface area contributed by atoms with Crippen LogP contribution in [0.5, 0.6) is 11.5 Å². The Labute approximate surface area is 213 Å². The minimum absolute atomic E-state index is 0.157. The summed E-state index contributed by atoms with van der Waals surface area (Å²) >= 11 is 0. The molecule has 0 aliphatic rings. The lowest BCUT2D eigenvalue weighted by molar-refractivity contribution is -0.138. The molecular formula is C31H46O4. The molecule has 0 aromatic heterocycles. The first-order valence-corrected chi connectivity index (χ1v) is 13.7. The molecule has 0 fully saturated rings. The largest absolute Gasteiger partial charge is 0.494 e. The van der Waals surface area contributed by atoms with Crippen LogP contribution in [0.25, 0.3) is 11.1 Å². The van der Waals surface area contributed by atoms with E-state index in [0.717, 1.165) is 62.2 Å². The van der Waals surface area contributed by atoms with E-state index >= 15 is 0 Å². The summed E-state index contributed by atoms with van der Waals surface area (Å²) in [5.74, 6) is 1.14. The van der Waals surface area contributed by atoms with Gasteiger partial charge in [-0.25, -0.2) is 0 Å². The smallest absolute Gasteiger partial charge is 0.314 e. The third-order valence-electron chi connectivity index (χ3n) is 6.34. The molecule has 0 amide bonds. The third-order valence-corrected chi connectivity index (χ3v) is 6.34. The molecule has 0 bridgehead atoms. The summed E-state index contributed by atoms with van der Waals surface area (Å²) in [6.45, 7) is 9.95. The fraction of sp³-hybridized carbons (Fsp3) is 0.581. The molecule has 0 unspecified atom stereocenters. The minimum Gasteiger partial charge on any atom is -0.494 e. The van der Waals surface area contributed by atoms with Gasteiger partial charge in [0.1, 0.15) is 11.5 Å². The van der Waals surface area contributed by atoms with E-state index in [4.69, 9.17) is 14.2 Å². The zero-order valence-corrected chi connectivity index (χ0v) is 22.4. The lowest BCUT2D eigenvalue weighted by Gasteiger charge is -2.16. The fourth-order valence-electron chi connectivity index (χ4n) is 3.86. The molecule has 35 heavy (non-hydrogen) atoms. The average Bonchev–Trinajstić information content (AvgIpc) is 2.87. The van der Waals surface area contributed by atoms with Crippen LogP contribution in [0.15, 0.2) is 48.5 Å². The zero-order valence-electron chi connectivity index (χ0n) is 22.4. The van der Waals surface area contributed by atoms with Crippen molar-refractivity contribution in [3.8, 4) is 22.6 Å². The summed E-state index contributed by atoms with van der Waals surface area (Å²) in [5, 5.41) is 0. The summed E-state index contributed by atoms with van der Waals surface area (Å²) in [6.07, 6.45) is 11.6. The van der Waals surface area contributed by atoms with Crippen LogP contribution in [0.4, 0.5) is 0 Å². The van der Waals surface area contributed by atoms with Gasteiger partial charge in [-0.15, -0.1) is 0 Å². The highest BCUT2D eigenvalue weighted by atomic mass is 16.5. The van der Waals surface area contributed by atoms with Crippen molar-refractivity contribution in [1.82, 2.24) is 0 Å². The molecule has 0 saturated heterocycles. The summed E-state index contributed by atoms with van der Waals surface area (Å²) in [6, 6.07) is 15.9. The van der Waals surface area contributed by atoms with E-state index in [1.807, 2.05) is 43.3 Å². The quantitative estimate of drug-likeness (QED) is 0.121. The van der Waals surface area contributed by atoms with Crippen molar-refractivity contribution in [2.24, 2.45) is 5.92 Å². The van der Waals surface area contributed by atoms with Crippen LogP contribution in [0.1, 0.15) is 91.9 Å². The molecule has 0 aliphatic heterocycles. The molecule has 0 spiro atoms. The van der Waals surface area contributed by atoms with Gasteiger partial charge in [-0.2, -0.15) is 0 Å². The Bertz CT molecular complexity index is 813. The van der Waals surface area contributed by atoms with Crippen molar-refractivity contribution >= 4 is 5.97 Å². The lowest BCUT2D eigenvalue weighted by Crippen LogP contribution is -2.20. The van der Waals surface area contributed by atoms with Crippen LogP contribution in [-0.2, 0) is 9.53 Å². The SMILES string of the molecule is CCCCCCCCOc1ccc(-c2ccc(OC(=O)[C@@H](C)CC[C@H](C)OCCCC)cc2)cc1. The molecule has 0 radical (unpaired) electrons. The topological polar surface area (TPSA) is 44.8 Å². The predicted molar refractivity (Wildman–Crippen MR) is 145 cm³/mol. The first-order chi connectivity index (χ1) is 17.0. The molecular weight excluding hydrogens is 436 g/mol. The van der Waals surface area contributed by atoms with Crippen LogP contribution in [0.3, 0.4) is 0 Å². The van der Waals surface area contributed by atoms with E-state index in [1.165, 1.54) is 32.1 Å². The number of esters is 1. The first-order valence-electron chi connectivity index (χ1n) is 13.7. The van der Waals surface area contributed by atoms with Gasteiger partial charge >= 0.3 is 5.97 Å². The molecule has 0 heterocycles. The molecule has 2 aromatic rings. The van der Waals surface area contributed by atoms with Gasteiger partial charge in [-0.1, -0.05) is 83.6 Å². The summed E-state index contributed by atoms with van der Waals surface area (Å²) in [4.78, 5) is 12.5. The standard InChI is InChI=1S/C31H46O4/c1-5-7-9-10-11-12-24-34-29-19-15-27(16-20-29)28-17-21-30(22-18-28)35-31(32)25(3)13-14-26(4)33-23-8-6-2/h15-22,25-26H,5-14,23-24H2,1-4H3/t25-,26-/m0/s1. The third kappa shape index (κ3) is 11.8. The van der Waals surface area contributed by atoms with Crippen LogP contribution >= 0.6 is 0 Å². The van der Waals surface area contributed by atoms with Crippen molar-refractivity contribution in [2.45, 2.75) is 98.0 Å². The van der Waals surface area contributed by atoms with E-state index in [9.17, 15) is 4.79 Å². The number of benzene rings is 2. The monoisotopic (exact) mass is 482 g/mol. The van der Waals surface area contributed by atoms with Crippen LogP contribution in [0.2, 0.25) is 0 Å². The molecule has 0 aliphatic carbocycles. The maximum absolute atomic E-state index is 12.5. The number of unbranched alkanes of at least 4 members (excludes halogenated alkanes) is 6. The Kier molecular flexibility index (Phi) is 14.2. The number of carbonyl (C=O) groups is 1. The fourth-order valence-corrected chi connectivity index (χ4v) is 3.86. The summed E-state index contributed by atoms with van der Waals surface area (Å²) in [5.41, 5.74) is 2.19. The van der Waals surface area contributed by atoms with Crippen molar-refractivity contribution in [3.63, 3.8) is 0 Å². The molecule has 194 valence electrons. The second-order valence-corrected chi connectivity index (χ2v) is 9.60. The highest BCUT2D eigenvalue weighted by Crippen LogP contribution is 2.25. The van der Waals surface area contributed by atoms with Crippen molar-refractivity contribution in [2.75, 3.05) is 13.2 Å². The number of ether oxygens (including phenoxy) is 3. The van der Waals surface area contributed by atoms with Gasteiger partial charge in [0.2, 0.25) is 0 Å². The van der Waals surface area contributed by atoms with E-state index in [-0.39, 0.29) is 18.0 Å². The van der Waals surface area contributed by atoms with Gasteiger partial charge in [0.05, 0.1) is 18.6 Å². The Morgan fingerprint density at radius 1 is 0.686 bits per heavy atom. The van der Waals surface area contributed by atoms with Gasteiger partial charge in [-0.05, 0) is 68.0 Å². The number of rotatable bonds is 18. The maximum atomic E-state index is 12.5. The zero-order chi connectivity index (χ0) is 25.3. The maximum Gasteiger partial charge on any atom is 0.314 e. The Hall–Kier alpha value is -2.33. The summed E-state index contributed by atoms with van der Waals surface area (Å²) in [7, 11) is 0. The van der Waals surface area contributed by atoms with Crippen molar-refractivity contribution in [3.05, 3.63) is 48.5 Å². The van der Waals surface area contributed by atoms with Gasteiger partial charge in [0.25, 0.3) is 0 Å². The minimum atomic E-state index is -0.189. The van der Waals surface area contributed by atoms with E-state index in [0.29, 0.717) is 5.75 Å². The average molecular weight is 483 g/mol. The van der Waals surface area contributed by atoms with E-state index in [2.05, 4.69) is 32.9 Å². The lowest BCUT2D eigenvalue weighted by atomic mass is 10.0. The predicted octanol–water partition coefficient (Wildman–Crippen LogP) is 8.62. The molecule has 2 rings (SSSR count). The van der Waals surface area contributed by atoms with Gasteiger partial charge < -0.3 is 14.2 Å². The Morgan fingerprint density at radius 3 is 1.89 bits per heavy atom. The van der Waals surface area contributed by atoms with Crippen molar-refractivity contribution in [1.29, 1.82) is 0 Å². The van der Waals surface area contributed by atoms with E-state index in [1.54, 1.807) is 0 Å². The highest BCUT2D eigenvalue weighted by Gasteiger charge is 2.17.